The van der Waals surface area contributed by atoms with Crippen molar-refractivity contribution in [1.29, 1.82) is 0 Å². The van der Waals surface area contributed by atoms with Gasteiger partial charge in [0.15, 0.2) is 5.82 Å². The lowest BCUT2D eigenvalue weighted by atomic mass is 10.1. The van der Waals surface area contributed by atoms with E-state index in [4.69, 9.17) is 0 Å². The number of hydrogen-bond donors (Lipinski definition) is 2. The lowest BCUT2D eigenvalue weighted by Crippen LogP contribution is -2.29. The van der Waals surface area contributed by atoms with Crippen LogP contribution in [0.15, 0.2) is 36.9 Å². The maximum atomic E-state index is 11.8. The zero-order valence-electron chi connectivity index (χ0n) is 9.55. The van der Waals surface area contributed by atoms with E-state index in [1.54, 1.807) is 24.8 Å². The fourth-order valence-electron chi connectivity index (χ4n) is 1.63. The van der Waals surface area contributed by atoms with Gasteiger partial charge in [0.2, 0.25) is 0 Å². The highest BCUT2D eigenvalue weighted by molar-refractivity contribution is 5.90. The molecule has 88 valence electrons. The summed E-state index contributed by atoms with van der Waals surface area (Å²) < 4.78 is 0. The van der Waals surface area contributed by atoms with Crippen LogP contribution in [0.4, 0.5) is 0 Å². The predicted octanol–water partition coefficient (Wildman–Crippen LogP) is 1.69. The molecule has 1 amide bonds. The molecule has 0 aliphatic heterocycles. The van der Waals surface area contributed by atoms with Crippen molar-refractivity contribution in [2.45, 2.75) is 19.4 Å². The molecule has 0 saturated heterocycles. The number of carbonyl (C=O) groups excluding carboxylic acids is 1. The number of amides is 1. The summed E-state index contributed by atoms with van der Waals surface area (Å²) in [5.74, 6) is 0.135. The Morgan fingerprint density at radius 1 is 1.41 bits per heavy atom. The normalized spacial score (nSPS) is 12.1. The van der Waals surface area contributed by atoms with E-state index < -0.39 is 0 Å². The maximum absolute atomic E-state index is 11.8. The highest BCUT2D eigenvalue weighted by atomic mass is 16.2. The van der Waals surface area contributed by atoms with Crippen LogP contribution < -0.4 is 5.32 Å². The molecular weight excluding hydrogens is 216 g/mol. The van der Waals surface area contributed by atoms with Gasteiger partial charge in [-0.05, 0) is 24.1 Å². The first-order valence-corrected chi connectivity index (χ1v) is 5.51. The number of carbonyl (C=O) groups is 1. The molecule has 0 radical (unpaired) electrons. The molecule has 0 aliphatic rings. The molecule has 2 aromatic heterocycles. The highest BCUT2D eigenvalue weighted by Gasteiger charge is 2.15. The Hall–Kier alpha value is -2.17. The van der Waals surface area contributed by atoms with E-state index in [2.05, 4.69) is 20.3 Å². The Morgan fingerprint density at radius 3 is 2.76 bits per heavy atom. The maximum Gasteiger partial charge on any atom is 0.287 e. The van der Waals surface area contributed by atoms with Gasteiger partial charge in [-0.15, -0.1) is 0 Å². The molecule has 2 rings (SSSR count). The summed E-state index contributed by atoms with van der Waals surface area (Å²) in [6.07, 6.45) is 7.44. The topological polar surface area (TPSA) is 70.7 Å². The van der Waals surface area contributed by atoms with Crippen LogP contribution in [0.2, 0.25) is 0 Å². The molecule has 0 aromatic carbocycles. The van der Waals surface area contributed by atoms with Crippen molar-refractivity contribution >= 4 is 5.91 Å². The summed E-state index contributed by atoms with van der Waals surface area (Å²) in [7, 11) is 0. The van der Waals surface area contributed by atoms with Gasteiger partial charge in [-0.1, -0.05) is 6.92 Å². The number of pyridine rings is 1. The molecule has 1 unspecified atom stereocenters. The second-order valence-electron chi connectivity index (χ2n) is 3.65. The van der Waals surface area contributed by atoms with Crippen LogP contribution in [0.25, 0.3) is 0 Å². The molecule has 0 fully saturated rings. The number of H-pyrrole nitrogens is 1. The van der Waals surface area contributed by atoms with Crippen LogP contribution in [0.5, 0.6) is 0 Å². The number of aromatic amines is 1. The summed E-state index contributed by atoms with van der Waals surface area (Å²) in [5, 5.41) is 2.92. The molecule has 5 nitrogen and oxygen atoms in total. The minimum Gasteiger partial charge on any atom is -0.343 e. The quantitative estimate of drug-likeness (QED) is 0.839. The molecule has 2 aromatic rings. The van der Waals surface area contributed by atoms with E-state index in [0.717, 1.165) is 12.0 Å². The van der Waals surface area contributed by atoms with Gasteiger partial charge in [-0.25, -0.2) is 4.98 Å². The van der Waals surface area contributed by atoms with Gasteiger partial charge < -0.3 is 10.3 Å². The number of aromatic nitrogens is 3. The number of hydrogen-bond acceptors (Lipinski definition) is 3. The van der Waals surface area contributed by atoms with Crippen LogP contribution in [0, 0.1) is 0 Å². The Balaban J connectivity index is 2.09. The van der Waals surface area contributed by atoms with E-state index >= 15 is 0 Å². The summed E-state index contributed by atoms with van der Waals surface area (Å²) >= 11 is 0. The van der Waals surface area contributed by atoms with Crippen molar-refractivity contribution in [2.24, 2.45) is 0 Å². The van der Waals surface area contributed by atoms with Crippen LogP contribution in [0.3, 0.4) is 0 Å². The number of nitrogens with one attached hydrogen (secondary N) is 2. The Labute approximate surface area is 99.3 Å². The monoisotopic (exact) mass is 230 g/mol. The number of nitrogens with zero attached hydrogens (tertiary/aromatic N) is 2. The van der Waals surface area contributed by atoms with Gasteiger partial charge >= 0.3 is 0 Å². The first kappa shape index (κ1) is 11.3. The fraction of sp³-hybridized carbons (Fsp3) is 0.250. The fourth-order valence-corrected chi connectivity index (χ4v) is 1.63. The van der Waals surface area contributed by atoms with Crippen molar-refractivity contribution in [3.63, 3.8) is 0 Å². The molecule has 0 saturated carbocycles. The minimum atomic E-state index is -0.196. The Kier molecular flexibility index (Phi) is 3.49. The number of imidazole rings is 1. The van der Waals surface area contributed by atoms with Gasteiger partial charge in [0.1, 0.15) is 0 Å². The second kappa shape index (κ2) is 5.25. The molecule has 0 aliphatic carbocycles. The van der Waals surface area contributed by atoms with Gasteiger partial charge in [0, 0.05) is 24.8 Å². The molecular formula is C12H14N4O. The van der Waals surface area contributed by atoms with Crippen molar-refractivity contribution in [1.82, 2.24) is 20.3 Å². The zero-order valence-corrected chi connectivity index (χ0v) is 9.55. The smallest absolute Gasteiger partial charge is 0.287 e. The SMILES string of the molecule is CCC(NC(=O)c1ncc[nH]1)c1ccncc1. The molecule has 5 heteroatoms. The van der Waals surface area contributed by atoms with E-state index in [9.17, 15) is 4.79 Å². The molecule has 0 bridgehead atoms. The van der Waals surface area contributed by atoms with Crippen molar-refractivity contribution < 1.29 is 4.79 Å². The average Bonchev–Trinajstić information content (AvgIpc) is 2.90. The third-order valence-electron chi connectivity index (χ3n) is 2.54. The van der Waals surface area contributed by atoms with E-state index in [1.165, 1.54) is 0 Å². The van der Waals surface area contributed by atoms with E-state index in [0.29, 0.717) is 5.82 Å². The van der Waals surface area contributed by atoms with E-state index in [1.807, 2.05) is 19.1 Å². The highest BCUT2D eigenvalue weighted by Crippen LogP contribution is 2.15. The van der Waals surface area contributed by atoms with Crippen molar-refractivity contribution in [3.8, 4) is 0 Å². The van der Waals surface area contributed by atoms with Gasteiger partial charge in [-0.3, -0.25) is 9.78 Å². The minimum absolute atomic E-state index is 0.0180. The summed E-state index contributed by atoms with van der Waals surface area (Å²) in [5.41, 5.74) is 1.04. The summed E-state index contributed by atoms with van der Waals surface area (Å²) in [6, 6.07) is 3.78. The standard InChI is InChI=1S/C12H14N4O/c1-2-10(9-3-5-13-6-4-9)16-12(17)11-14-7-8-15-11/h3-8,10H,2H2,1H3,(H,14,15)(H,16,17). The summed E-state index contributed by atoms with van der Waals surface area (Å²) in [4.78, 5) is 22.5. The molecule has 2 heterocycles. The van der Waals surface area contributed by atoms with Crippen LogP contribution >= 0.6 is 0 Å². The number of rotatable bonds is 4. The van der Waals surface area contributed by atoms with E-state index in [-0.39, 0.29) is 11.9 Å². The van der Waals surface area contributed by atoms with Crippen LogP contribution in [0.1, 0.15) is 35.6 Å². The predicted molar refractivity (Wildman–Crippen MR) is 63.3 cm³/mol. The average molecular weight is 230 g/mol. The molecule has 2 N–H and O–H groups in total. The Morgan fingerprint density at radius 2 is 2.18 bits per heavy atom. The van der Waals surface area contributed by atoms with Gasteiger partial charge in [0.05, 0.1) is 6.04 Å². The lowest BCUT2D eigenvalue weighted by Gasteiger charge is -2.16. The zero-order chi connectivity index (χ0) is 12.1. The molecule has 17 heavy (non-hydrogen) atoms. The molecule has 0 spiro atoms. The second-order valence-corrected chi connectivity index (χ2v) is 3.65. The first-order valence-electron chi connectivity index (χ1n) is 5.51. The summed E-state index contributed by atoms with van der Waals surface area (Å²) in [6.45, 7) is 2.02. The first-order chi connectivity index (χ1) is 8.31. The van der Waals surface area contributed by atoms with Crippen LogP contribution in [-0.4, -0.2) is 20.9 Å². The molecule has 1 atom stereocenters. The van der Waals surface area contributed by atoms with Crippen molar-refractivity contribution in [2.75, 3.05) is 0 Å². The van der Waals surface area contributed by atoms with Gasteiger partial charge in [-0.2, -0.15) is 0 Å². The Bertz CT molecular complexity index is 467. The third kappa shape index (κ3) is 2.69. The van der Waals surface area contributed by atoms with Gasteiger partial charge in [0.25, 0.3) is 5.91 Å². The lowest BCUT2D eigenvalue weighted by molar-refractivity contribution is 0.0926. The largest absolute Gasteiger partial charge is 0.343 e. The third-order valence-corrected chi connectivity index (χ3v) is 2.54. The van der Waals surface area contributed by atoms with Crippen LogP contribution in [-0.2, 0) is 0 Å². The van der Waals surface area contributed by atoms with Crippen molar-refractivity contribution in [3.05, 3.63) is 48.3 Å².